The maximum Gasteiger partial charge on any atom is 0.440 e. The molecular weight excluding hydrogens is 395 g/mol. The fourth-order valence-electron chi connectivity index (χ4n) is 3.04. The van der Waals surface area contributed by atoms with Crippen molar-refractivity contribution in [1.82, 2.24) is 15.5 Å². The highest BCUT2D eigenvalue weighted by Gasteiger charge is 2.69. The summed E-state index contributed by atoms with van der Waals surface area (Å²) >= 11 is 0. The lowest BCUT2D eigenvalue weighted by Crippen LogP contribution is -2.69. The highest BCUT2D eigenvalue weighted by atomic mass is 19.4. The highest BCUT2D eigenvalue weighted by molar-refractivity contribution is 6.09. The Morgan fingerprint density at radius 2 is 1.90 bits per heavy atom. The van der Waals surface area contributed by atoms with Gasteiger partial charge in [0.05, 0.1) is 14.2 Å². The van der Waals surface area contributed by atoms with Crippen LogP contribution in [0.25, 0.3) is 0 Å². The number of carbonyl (C=O) groups is 3. The van der Waals surface area contributed by atoms with Gasteiger partial charge in [-0.1, -0.05) is 6.07 Å². The molecule has 0 bridgehead atoms. The van der Waals surface area contributed by atoms with E-state index in [9.17, 15) is 27.6 Å². The quantitative estimate of drug-likeness (QED) is 0.660. The average Bonchev–Trinajstić information content (AvgIpc) is 3.48. The van der Waals surface area contributed by atoms with Gasteiger partial charge in [0.15, 0.2) is 11.5 Å². The fourth-order valence-corrected chi connectivity index (χ4v) is 3.04. The molecule has 11 heteroatoms. The van der Waals surface area contributed by atoms with Gasteiger partial charge in [0, 0.05) is 12.5 Å². The van der Waals surface area contributed by atoms with Crippen LogP contribution >= 0.6 is 0 Å². The van der Waals surface area contributed by atoms with Crippen LogP contribution in [0.15, 0.2) is 18.2 Å². The second-order valence-corrected chi connectivity index (χ2v) is 6.84. The third kappa shape index (κ3) is 3.81. The molecule has 0 aromatic heterocycles. The van der Waals surface area contributed by atoms with Crippen LogP contribution in [0, 0.1) is 5.92 Å². The summed E-state index contributed by atoms with van der Waals surface area (Å²) in [5, 5.41) is 3.35. The van der Waals surface area contributed by atoms with Gasteiger partial charge in [-0.25, -0.2) is 4.79 Å². The van der Waals surface area contributed by atoms with E-state index >= 15 is 0 Å². The number of amides is 4. The van der Waals surface area contributed by atoms with E-state index in [1.807, 2.05) is 0 Å². The number of halogens is 3. The Morgan fingerprint density at radius 1 is 1.24 bits per heavy atom. The fraction of sp³-hybridized carbons (Fsp3) is 0.500. The number of methoxy groups -OCH3 is 2. The third-order valence-corrected chi connectivity index (χ3v) is 4.86. The van der Waals surface area contributed by atoms with Crippen LogP contribution in [0.5, 0.6) is 11.5 Å². The Kier molecular flexibility index (Phi) is 5.33. The molecule has 29 heavy (non-hydrogen) atoms. The van der Waals surface area contributed by atoms with Crippen LogP contribution < -0.4 is 20.1 Å². The molecular formula is C18H20F3N3O5. The van der Waals surface area contributed by atoms with E-state index in [0.29, 0.717) is 34.8 Å². The summed E-state index contributed by atoms with van der Waals surface area (Å²) in [7, 11) is 2.89. The summed E-state index contributed by atoms with van der Waals surface area (Å²) in [4.78, 5) is 37.1. The lowest BCUT2D eigenvalue weighted by atomic mass is 10.1. The predicted octanol–water partition coefficient (Wildman–Crippen LogP) is 1.58. The monoisotopic (exact) mass is 415 g/mol. The molecule has 8 nitrogen and oxygen atoms in total. The molecule has 1 aliphatic heterocycles. The summed E-state index contributed by atoms with van der Waals surface area (Å²) in [5.74, 6) is -2.16. The molecule has 1 saturated carbocycles. The average molecular weight is 415 g/mol. The van der Waals surface area contributed by atoms with E-state index in [4.69, 9.17) is 9.47 Å². The van der Waals surface area contributed by atoms with Crippen LogP contribution in [0.4, 0.5) is 18.0 Å². The zero-order valence-corrected chi connectivity index (χ0v) is 15.8. The first-order valence-corrected chi connectivity index (χ1v) is 8.86. The smallest absolute Gasteiger partial charge is 0.440 e. The summed E-state index contributed by atoms with van der Waals surface area (Å²) < 4.78 is 51.4. The number of imide groups is 1. The van der Waals surface area contributed by atoms with Gasteiger partial charge in [-0.05, 0) is 37.0 Å². The summed E-state index contributed by atoms with van der Waals surface area (Å²) in [5.41, 5.74) is -2.82. The molecule has 158 valence electrons. The Hall–Kier alpha value is -2.98. The van der Waals surface area contributed by atoms with Gasteiger partial charge >= 0.3 is 12.2 Å². The molecule has 3 rings (SSSR count). The van der Waals surface area contributed by atoms with Crippen molar-refractivity contribution in [3.63, 3.8) is 0 Å². The van der Waals surface area contributed by atoms with Crippen LogP contribution in [-0.4, -0.2) is 55.3 Å². The van der Waals surface area contributed by atoms with Crippen LogP contribution in [0.2, 0.25) is 0 Å². The van der Waals surface area contributed by atoms with Gasteiger partial charge in [0.25, 0.3) is 11.6 Å². The van der Waals surface area contributed by atoms with Crippen molar-refractivity contribution in [1.29, 1.82) is 0 Å². The minimum absolute atomic E-state index is 0.0873. The molecule has 0 unspecified atom stereocenters. The van der Waals surface area contributed by atoms with Crippen LogP contribution in [-0.2, 0) is 16.0 Å². The van der Waals surface area contributed by atoms with Gasteiger partial charge in [-0.3, -0.25) is 19.8 Å². The summed E-state index contributed by atoms with van der Waals surface area (Å²) in [6, 6.07) is 3.63. The largest absolute Gasteiger partial charge is 0.493 e. The summed E-state index contributed by atoms with van der Waals surface area (Å²) in [6.45, 7) is -0.308. The first-order valence-electron chi connectivity index (χ1n) is 8.86. The number of alkyl halides is 3. The first kappa shape index (κ1) is 20.7. The van der Waals surface area contributed by atoms with Crippen molar-refractivity contribution in [2.45, 2.75) is 31.1 Å². The molecule has 0 spiro atoms. The van der Waals surface area contributed by atoms with Crippen molar-refractivity contribution >= 4 is 17.8 Å². The van der Waals surface area contributed by atoms with Crippen LogP contribution in [0.1, 0.15) is 18.4 Å². The number of hydrogen-bond acceptors (Lipinski definition) is 5. The number of urea groups is 1. The van der Waals surface area contributed by atoms with E-state index < -0.39 is 35.6 Å². The Labute approximate surface area is 164 Å². The lowest BCUT2D eigenvalue weighted by Gasteiger charge is -2.29. The van der Waals surface area contributed by atoms with E-state index in [2.05, 4.69) is 0 Å². The van der Waals surface area contributed by atoms with Crippen LogP contribution in [0.3, 0.4) is 0 Å². The Balaban J connectivity index is 1.77. The predicted molar refractivity (Wildman–Crippen MR) is 93.1 cm³/mol. The summed E-state index contributed by atoms with van der Waals surface area (Å²) in [6.07, 6.45) is -4.21. The normalized spacial score (nSPS) is 21.8. The number of nitrogens with zero attached hydrogens (tertiary/aromatic N) is 1. The highest BCUT2D eigenvalue weighted by Crippen LogP contribution is 2.36. The molecule has 1 aromatic rings. The third-order valence-electron chi connectivity index (χ3n) is 4.86. The lowest BCUT2D eigenvalue weighted by molar-refractivity contribution is -0.204. The maximum absolute atomic E-state index is 13.7. The molecule has 4 amide bonds. The maximum atomic E-state index is 13.7. The van der Waals surface area contributed by atoms with Crippen molar-refractivity contribution in [3.8, 4) is 11.5 Å². The number of nitrogens with one attached hydrogen (secondary N) is 2. The van der Waals surface area contributed by atoms with Gasteiger partial charge in [-0.15, -0.1) is 0 Å². The molecule has 2 N–H and O–H groups in total. The minimum atomic E-state index is -5.19. The molecule has 2 fully saturated rings. The van der Waals surface area contributed by atoms with Crippen molar-refractivity contribution < 1.29 is 37.0 Å². The number of ether oxygens (including phenoxy) is 2. The van der Waals surface area contributed by atoms with E-state index in [0.717, 1.165) is 0 Å². The van der Waals surface area contributed by atoms with Crippen molar-refractivity contribution in [2.24, 2.45) is 5.92 Å². The number of rotatable bonds is 7. The second kappa shape index (κ2) is 7.45. The van der Waals surface area contributed by atoms with Gasteiger partial charge in [0.1, 0.15) is 0 Å². The Bertz CT molecular complexity index is 841. The van der Waals surface area contributed by atoms with E-state index in [1.165, 1.54) is 14.2 Å². The van der Waals surface area contributed by atoms with Gasteiger partial charge in [-0.2, -0.15) is 13.2 Å². The molecule has 1 heterocycles. The standard InChI is InChI=1S/C18H20F3N3O5/c1-28-12-6-3-10(9-13(12)29-2)7-8-24-15(26)17(18(19,20)21,23-16(24)27)22-14(25)11-4-5-11/h3,6,9,11H,4-5,7-8H2,1-2H3,(H,22,25)(H,23,27)/t17-/m0/s1. The molecule has 1 saturated heterocycles. The van der Waals surface area contributed by atoms with Crippen molar-refractivity contribution in [3.05, 3.63) is 23.8 Å². The number of hydrogen-bond donors (Lipinski definition) is 2. The zero-order valence-electron chi connectivity index (χ0n) is 15.8. The van der Waals surface area contributed by atoms with E-state index in [1.54, 1.807) is 28.8 Å². The zero-order chi connectivity index (χ0) is 21.4. The van der Waals surface area contributed by atoms with Crippen molar-refractivity contribution in [2.75, 3.05) is 20.8 Å². The number of carbonyl (C=O) groups excluding carboxylic acids is 3. The van der Waals surface area contributed by atoms with E-state index in [-0.39, 0.29) is 13.0 Å². The molecule has 2 aliphatic rings. The molecule has 1 aromatic carbocycles. The van der Waals surface area contributed by atoms with Gasteiger partial charge in [0.2, 0.25) is 5.91 Å². The molecule has 0 radical (unpaired) electrons. The second-order valence-electron chi connectivity index (χ2n) is 6.84. The SMILES string of the molecule is COc1ccc(CCN2C(=O)N[C@](NC(=O)C3CC3)(C(F)(F)F)C2=O)cc1OC. The Morgan fingerprint density at radius 3 is 2.45 bits per heavy atom. The first-order chi connectivity index (χ1) is 13.6. The number of benzene rings is 1. The van der Waals surface area contributed by atoms with Gasteiger partial charge < -0.3 is 14.8 Å². The molecule has 1 atom stereocenters. The minimum Gasteiger partial charge on any atom is -0.493 e. The molecule has 1 aliphatic carbocycles. The topological polar surface area (TPSA) is 97.0 Å².